The van der Waals surface area contributed by atoms with Crippen molar-refractivity contribution >= 4 is 16.3 Å². The Morgan fingerprint density at radius 1 is 0.812 bits per heavy atom. The van der Waals surface area contributed by atoms with Crippen LogP contribution in [0.2, 0.25) is 0 Å². The van der Waals surface area contributed by atoms with E-state index in [1.807, 2.05) is 0 Å². The number of unbranched alkanes of at least 4 members (excludes halogenated alkanes) is 14. The molecule has 0 bridgehead atoms. The Hall–Kier alpha value is -1.20. The summed E-state index contributed by atoms with van der Waals surface area (Å²) in [5.41, 5.74) is 0. The number of rotatable bonds is 29. The molecular formula is C34H65NO12S. The molecule has 8 atom stereocenters. The van der Waals surface area contributed by atoms with Crippen molar-refractivity contribution in [2.24, 2.45) is 0 Å². The summed E-state index contributed by atoms with van der Waals surface area (Å²) in [7, 11) is -5.10. The van der Waals surface area contributed by atoms with Crippen LogP contribution in [0.1, 0.15) is 136 Å². The minimum Gasteiger partial charge on any atom is -0.394 e. The Morgan fingerprint density at radius 2 is 1.33 bits per heavy atom. The van der Waals surface area contributed by atoms with E-state index in [0.717, 1.165) is 51.4 Å². The summed E-state index contributed by atoms with van der Waals surface area (Å²) in [4.78, 5) is 12.9. The number of amides is 1. The first-order valence-corrected chi connectivity index (χ1v) is 19.5. The minimum absolute atomic E-state index is 0.230. The number of nitrogens with one attached hydrogen (secondary N) is 1. The van der Waals surface area contributed by atoms with Crippen LogP contribution in [0.25, 0.3) is 0 Å². The fraction of sp³-hybridized carbons (Fsp3) is 0.912. The van der Waals surface area contributed by atoms with Gasteiger partial charge in [0.1, 0.15) is 30.5 Å². The number of ether oxygens (including phenoxy) is 2. The normalized spacial score (nSPS) is 23.7. The summed E-state index contributed by atoms with van der Waals surface area (Å²) in [5, 5.41) is 54.7. The summed E-state index contributed by atoms with van der Waals surface area (Å²) >= 11 is 0. The Labute approximate surface area is 288 Å². The molecule has 0 aromatic rings. The van der Waals surface area contributed by atoms with Crippen LogP contribution < -0.4 is 5.32 Å². The van der Waals surface area contributed by atoms with Gasteiger partial charge < -0.3 is 40.3 Å². The van der Waals surface area contributed by atoms with Gasteiger partial charge in [-0.15, -0.1) is 0 Å². The average Bonchev–Trinajstić information content (AvgIpc) is 3.05. The molecule has 0 aliphatic carbocycles. The second-order valence-corrected chi connectivity index (χ2v) is 14.0. The van der Waals surface area contributed by atoms with Gasteiger partial charge in [-0.3, -0.25) is 9.35 Å². The zero-order valence-electron chi connectivity index (χ0n) is 29.2. The smallest absolute Gasteiger partial charge is 0.394 e. The van der Waals surface area contributed by atoms with E-state index in [1.54, 1.807) is 0 Å². The largest absolute Gasteiger partial charge is 0.397 e. The molecule has 0 radical (unpaired) electrons. The molecule has 1 fully saturated rings. The minimum atomic E-state index is -5.10. The SMILES string of the molecule is CCCCCCCC/C=C\CCCCC(O)C(=O)NC(COC1OC(CO)C(O)C(OS(=O)(=O)O)C1O)C(O)CCCCCCCCC. The van der Waals surface area contributed by atoms with E-state index in [4.69, 9.17) is 14.0 Å². The van der Waals surface area contributed by atoms with Gasteiger partial charge in [0, 0.05) is 0 Å². The van der Waals surface area contributed by atoms with Crippen LogP contribution in [0.4, 0.5) is 0 Å². The number of hydrogen-bond donors (Lipinski definition) is 7. The zero-order valence-corrected chi connectivity index (χ0v) is 30.0. The van der Waals surface area contributed by atoms with E-state index < -0.39 is 78.5 Å². The van der Waals surface area contributed by atoms with Crippen molar-refractivity contribution in [2.75, 3.05) is 13.2 Å². The maximum absolute atomic E-state index is 12.9. The van der Waals surface area contributed by atoms with Crippen LogP contribution in [-0.4, -0.2) is 107 Å². The Bertz CT molecular complexity index is 952. The molecule has 14 heteroatoms. The van der Waals surface area contributed by atoms with E-state index in [-0.39, 0.29) is 6.42 Å². The van der Waals surface area contributed by atoms with E-state index in [9.17, 15) is 38.7 Å². The lowest BCUT2D eigenvalue weighted by molar-refractivity contribution is -0.298. The van der Waals surface area contributed by atoms with Gasteiger partial charge in [-0.05, 0) is 38.5 Å². The van der Waals surface area contributed by atoms with E-state index in [2.05, 4.69) is 35.5 Å². The number of carbonyl (C=O) groups excluding carboxylic acids is 1. The van der Waals surface area contributed by atoms with Crippen LogP contribution in [-0.2, 0) is 28.9 Å². The Morgan fingerprint density at radius 3 is 1.90 bits per heavy atom. The highest BCUT2D eigenvalue weighted by Gasteiger charge is 2.48. The van der Waals surface area contributed by atoms with E-state index in [1.165, 1.54) is 44.9 Å². The first-order chi connectivity index (χ1) is 22.9. The molecule has 0 spiro atoms. The van der Waals surface area contributed by atoms with Crippen LogP contribution >= 0.6 is 0 Å². The van der Waals surface area contributed by atoms with Crippen molar-refractivity contribution in [1.82, 2.24) is 5.32 Å². The Balaban J connectivity index is 2.70. The lowest BCUT2D eigenvalue weighted by Gasteiger charge is -2.41. The lowest BCUT2D eigenvalue weighted by atomic mass is 9.99. The third-order valence-corrected chi connectivity index (χ3v) is 9.15. The summed E-state index contributed by atoms with van der Waals surface area (Å²) in [6.45, 7) is 3.14. The fourth-order valence-electron chi connectivity index (χ4n) is 5.69. The zero-order chi connectivity index (χ0) is 35.8. The van der Waals surface area contributed by atoms with E-state index in [0.29, 0.717) is 19.3 Å². The summed E-state index contributed by atoms with van der Waals surface area (Å²) in [5.74, 6) is -0.692. The number of carbonyl (C=O) groups is 1. The molecule has 48 heavy (non-hydrogen) atoms. The third kappa shape index (κ3) is 19.9. The highest BCUT2D eigenvalue weighted by Crippen LogP contribution is 2.26. The molecule has 8 unspecified atom stereocenters. The number of aliphatic hydroxyl groups excluding tert-OH is 5. The summed E-state index contributed by atoms with van der Waals surface area (Å²) in [6.07, 6.45) is 11.7. The van der Waals surface area contributed by atoms with Gasteiger partial charge in [-0.2, -0.15) is 8.42 Å². The molecule has 0 aromatic heterocycles. The van der Waals surface area contributed by atoms with Gasteiger partial charge in [0.05, 0.1) is 25.4 Å². The van der Waals surface area contributed by atoms with Crippen LogP contribution in [0, 0.1) is 0 Å². The third-order valence-electron chi connectivity index (χ3n) is 8.68. The van der Waals surface area contributed by atoms with Gasteiger partial charge in [-0.25, -0.2) is 4.18 Å². The molecule has 1 aliphatic heterocycles. The van der Waals surface area contributed by atoms with E-state index >= 15 is 0 Å². The first-order valence-electron chi connectivity index (χ1n) is 18.2. The molecular weight excluding hydrogens is 646 g/mol. The van der Waals surface area contributed by atoms with Gasteiger partial charge in [-0.1, -0.05) is 109 Å². The number of allylic oxidation sites excluding steroid dienone is 2. The van der Waals surface area contributed by atoms with Crippen molar-refractivity contribution in [2.45, 2.75) is 185 Å². The van der Waals surface area contributed by atoms with Crippen LogP contribution in [0.15, 0.2) is 12.2 Å². The average molecular weight is 712 g/mol. The maximum atomic E-state index is 12.9. The molecule has 1 aliphatic rings. The van der Waals surface area contributed by atoms with Gasteiger partial charge in [0.15, 0.2) is 6.29 Å². The lowest BCUT2D eigenvalue weighted by Crippen LogP contribution is -2.61. The van der Waals surface area contributed by atoms with Crippen LogP contribution in [0.5, 0.6) is 0 Å². The molecule has 1 saturated heterocycles. The van der Waals surface area contributed by atoms with Gasteiger partial charge in [0.25, 0.3) is 0 Å². The molecule has 7 N–H and O–H groups in total. The molecule has 0 saturated carbocycles. The number of aliphatic hydroxyl groups is 5. The van der Waals surface area contributed by atoms with Crippen molar-refractivity contribution < 1.29 is 57.0 Å². The number of hydrogen-bond acceptors (Lipinski definition) is 11. The maximum Gasteiger partial charge on any atom is 0.397 e. The topological polar surface area (TPSA) is 212 Å². The second kappa shape index (κ2) is 26.6. The molecule has 1 rings (SSSR count). The highest BCUT2D eigenvalue weighted by molar-refractivity contribution is 7.80. The fourth-order valence-corrected chi connectivity index (χ4v) is 6.20. The van der Waals surface area contributed by atoms with Crippen LogP contribution in [0.3, 0.4) is 0 Å². The molecule has 1 heterocycles. The second-order valence-electron chi connectivity index (χ2n) is 12.9. The van der Waals surface area contributed by atoms with Gasteiger partial charge >= 0.3 is 10.4 Å². The first kappa shape index (κ1) is 44.8. The van der Waals surface area contributed by atoms with Crippen molar-refractivity contribution in [3.8, 4) is 0 Å². The van der Waals surface area contributed by atoms with Crippen molar-refractivity contribution in [3.05, 3.63) is 12.2 Å². The molecule has 13 nitrogen and oxygen atoms in total. The predicted octanol–water partition coefficient (Wildman–Crippen LogP) is 3.84. The van der Waals surface area contributed by atoms with Crippen molar-refractivity contribution in [1.29, 1.82) is 0 Å². The van der Waals surface area contributed by atoms with Crippen molar-refractivity contribution in [3.63, 3.8) is 0 Å². The van der Waals surface area contributed by atoms with Gasteiger partial charge in [0.2, 0.25) is 5.91 Å². The Kier molecular flexibility index (Phi) is 24.8. The monoisotopic (exact) mass is 711 g/mol. The summed E-state index contributed by atoms with van der Waals surface area (Å²) in [6, 6.07) is -1.03. The molecule has 0 aromatic carbocycles. The predicted molar refractivity (Wildman–Crippen MR) is 182 cm³/mol. The highest BCUT2D eigenvalue weighted by atomic mass is 32.3. The molecule has 284 valence electrons. The summed E-state index contributed by atoms with van der Waals surface area (Å²) < 4.78 is 47.1. The standard InChI is InChI=1S/C34H65NO12S/c1-3-5-7-9-11-12-13-14-15-17-19-21-23-28(38)33(41)35-26(27(37)22-20-18-16-10-8-6-4-2)25-45-34-31(40)32(47-48(42,43)44)30(39)29(24-36)46-34/h14-15,26-32,34,36-40H,3-13,16-25H2,1-2H3,(H,35,41)(H,42,43,44)/b15-14-. The quantitative estimate of drug-likeness (QED) is 0.0335. The molecule has 1 amide bonds.